The second-order valence-corrected chi connectivity index (χ2v) is 10.2. The van der Waals surface area contributed by atoms with Crippen molar-refractivity contribution < 1.29 is 23.7 Å². The fourth-order valence-electron chi connectivity index (χ4n) is 4.29. The molecular weight excluding hydrogens is 528 g/mol. The maximum atomic E-state index is 13.9. The summed E-state index contributed by atoms with van der Waals surface area (Å²) in [6, 6.07) is 9.76. The molecule has 38 heavy (non-hydrogen) atoms. The smallest absolute Gasteiger partial charge is 0.338 e. The van der Waals surface area contributed by atoms with Crippen LogP contribution in [0, 0.1) is 0 Å². The quantitative estimate of drug-likeness (QED) is 0.385. The minimum atomic E-state index is -0.838. The maximum Gasteiger partial charge on any atom is 0.338 e. The summed E-state index contributed by atoms with van der Waals surface area (Å²) in [6.07, 6.45) is 1.76. The zero-order valence-electron chi connectivity index (χ0n) is 22.0. The van der Waals surface area contributed by atoms with Gasteiger partial charge in [-0.2, -0.15) is 0 Å². The Morgan fingerprint density at radius 2 is 1.89 bits per heavy atom. The SMILES string of the molecule is CCOc1cc(/C=c2\sc3n(c2=O)[C@@H](c2cc(Cl)ccc2OC)C(C(=O)OC)=C(C)N=3)ccc1OC(C)C. The first-order valence-electron chi connectivity index (χ1n) is 12.1. The van der Waals surface area contributed by atoms with Gasteiger partial charge in [0.05, 0.1) is 42.7 Å². The zero-order valence-corrected chi connectivity index (χ0v) is 23.6. The lowest BCUT2D eigenvalue weighted by molar-refractivity contribution is -0.136. The molecule has 0 saturated carbocycles. The summed E-state index contributed by atoms with van der Waals surface area (Å²) in [6.45, 7) is 7.97. The minimum Gasteiger partial charge on any atom is -0.496 e. The van der Waals surface area contributed by atoms with Gasteiger partial charge in [-0.1, -0.05) is 29.0 Å². The zero-order chi connectivity index (χ0) is 27.6. The van der Waals surface area contributed by atoms with Crippen molar-refractivity contribution in [2.24, 2.45) is 4.99 Å². The lowest BCUT2D eigenvalue weighted by Crippen LogP contribution is -2.40. The van der Waals surface area contributed by atoms with Crippen LogP contribution in [0.3, 0.4) is 0 Å². The summed E-state index contributed by atoms with van der Waals surface area (Å²) in [5.74, 6) is 1.11. The van der Waals surface area contributed by atoms with E-state index in [-0.39, 0.29) is 17.2 Å². The number of carbonyl (C=O) groups excluding carboxylic acids is 1. The molecule has 1 aliphatic rings. The number of hydrogen-bond donors (Lipinski definition) is 0. The van der Waals surface area contributed by atoms with Crippen LogP contribution in [0.25, 0.3) is 6.08 Å². The summed E-state index contributed by atoms with van der Waals surface area (Å²) >= 11 is 7.56. The minimum absolute atomic E-state index is 0.0144. The lowest BCUT2D eigenvalue weighted by Gasteiger charge is -2.25. The van der Waals surface area contributed by atoms with E-state index in [2.05, 4.69) is 4.99 Å². The summed E-state index contributed by atoms with van der Waals surface area (Å²) in [4.78, 5) is 31.8. The van der Waals surface area contributed by atoms with Gasteiger partial charge in [-0.15, -0.1) is 0 Å². The molecule has 8 nitrogen and oxygen atoms in total. The predicted octanol–water partition coefficient (Wildman–Crippen LogP) is 4.26. The third-order valence-electron chi connectivity index (χ3n) is 5.84. The van der Waals surface area contributed by atoms with Crippen LogP contribution in [0.2, 0.25) is 5.02 Å². The van der Waals surface area contributed by atoms with Gasteiger partial charge in [0.2, 0.25) is 0 Å². The molecule has 200 valence electrons. The Bertz CT molecular complexity index is 1590. The van der Waals surface area contributed by atoms with Crippen molar-refractivity contribution in [1.29, 1.82) is 0 Å². The van der Waals surface area contributed by atoms with Crippen LogP contribution in [0.5, 0.6) is 17.2 Å². The van der Waals surface area contributed by atoms with E-state index < -0.39 is 12.0 Å². The van der Waals surface area contributed by atoms with E-state index in [9.17, 15) is 9.59 Å². The molecular formula is C28H29ClN2O6S. The van der Waals surface area contributed by atoms with Crippen molar-refractivity contribution in [3.05, 3.63) is 83.5 Å². The number of thiazole rings is 1. The van der Waals surface area contributed by atoms with Crippen LogP contribution in [0.1, 0.15) is 44.9 Å². The van der Waals surface area contributed by atoms with Crippen LogP contribution in [0.15, 0.2) is 57.5 Å². The van der Waals surface area contributed by atoms with Crippen LogP contribution >= 0.6 is 22.9 Å². The Morgan fingerprint density at radius 3 is 2.55 bits per heavy atom. The van der Waals surface area contributed by atoms with E-state index in [1.54, 1.807) is 31.2 Å². The molecule has 1 aliphatic heterocycles. The molecule has 1 atom stereocenters. The van der Waals surface area contributed by atoms with Crippen molar-refractivity contribution in [2.45, 2.75) is 39.8 Å². The van der Waals surface area contributed by atoms with Gasteiger partial charge in [0, 0.05) is 10.6 Å². The molecule has 0 amide bonds. The number of fused-ring (bicyclic) bond motifs is 1. The number of halogens is 1. The third-order valence-corrected chi connectivity index (χ3v) is 7.06. The highest BCUT2D eigenvalue weighted by atomic mass is 35.5. The second-order valence-electron chi connectivity index (χ2n) is 8.77. The van der Waals surface area contributed by atoms with Gasteiger partial charge < -0.3 is 18.9 Å². The standard InChI is InChI=1S/C28H29ClN2O6S/c1-7-36-22-12-17(8-10-21(22)37-15(2)3)13-23-26(32)31-25(19-14-18(29)9-11-20(19)34-5)24(27(33)35-6)16(4)30-28(31)38-23/h8-15,25H,7H2,1-6H3/b23-13-/t25-/m0/s1. The molecule has 0 fully saturated rings. The van der Waals surface area contributed by atoms with Crippen molar-refractivity contribution in [3.63, 3.8) is 0 Å². The van der Waals surface area contributed by atoms with E-state index in [4.69, 9.17) is 30.5 Å². The largest absolute Gasteiger partial charge is 0.496 e. The summed E-state index contributed by atoms with van der Waals surface area (Å²) in [5.41, 5.74) is 1.69. The van der Waals surface area contributed by atoms with Crippen LogP contribution in [-0.2, 0) is 9.53 Å². The Labute approximate surface area is 229 Å². The van der Waals surface area contributed by atoms with E-state index in [0.29, 0.717) is 49.5 Å². The van der Waals surface area contributed by atoms with Crippen molar-refractivity contribution in [3.8, 4) is 17.2 Å². The topological polar surface area (TPSA) is 88.4 Å². The lowest BCUT2D eigenvalue weighted by atomic mass is 9.95. The maximum absolute atomic E-state index is 13.9. The van der Waals surface area contributed by atoms with Crippen LogP contribution in [0.4, 0.5) is 0 Å². The highest BCUT2D eigenvalue weighted by Crippen LogP contribution is 2.37. The van der Waals surface area contributed by atoms with E-state index in [1.165, 1.54) is 30.1 Å². The van der Waals surface area contributed by atoms with Gasteiger partial charge in [0.25, 0.3) is 5.56 Å². The molecule has 2 heterocycles. The Hall–Kier alpha value is -3.56. The van der Waals surface area contributed by atoms with Crippen molar-refractivity contribution in [2.75, 3.05) is 20.8 Å². The molecule has 0 saturated heterocycles. The molecule has 10 heteroatoms. The van der Waals surface area contributed by atoms with Crippen LogP contribution in [-0.4, -0.2) is 37.5 Å². The molecule has 0 bridgehead atoms. The molecule has 0 N–H and O–H groups in total. The number of rotatable bonds is 8. The predicted molar refractivity (Wildman–Crippen MR) is 147 cm³/mol. The fourth-order valence-corrected chi connectivity index (χ4v) is 5.52. The Kier molecular flexibility index (Phi) is 8.28. The molecule has 1 aromatic heterocycles. The molecule has 4 rings (SSSR count). The van der Waals surface area contributed by atoms with E-state index >= 15 is 0 Å². The van der Waals surface area contributed by atoms with E-state index in [1.807, 2.05) is 39.0 Å². The number of carbonyl (C=O) groups is 1. The first-order chi connectivity index (χ1) is 18.2. The highest BCUT2D eigenvalue weighted by molar-refractivity contribution is 7.07. The molecule has 2 aromatic carbocycles. The van der Waals surface area contributed by atoms with Gasteiger partial charge in [-0.05, 0) is 69.7 Å². The molecule has 0 spiro atoms. The monoisotopic (exact) mass is 556 g/mol. The summed E-state index contributed by atoms with van der Waals surface area (Å²) < 4.78 is 24.2. The number of hydrogen-bond acceptors (Lipinski definition) is 8. The van der Waals surface area contributed by atoms with Gasteiger partial charge >= 0.3 is 5.97 Å². The number of esters is 1. The van der Waals surface area contributed by atoms with Gasteiger partial charge in [-0.25, -0.2) is 9.79 Å². The van der Waals surface area contributed by atoms with Crippen molar-refractivity contribution >= 4 is 35.0 Å². The summed E-state index contributed by atoms with van der Waals surface area (Å²) in [7, 11) is 2.82. The number of aromatic nitrogens is 1. The van der Waals surface area contributed by atoms with Gasteiger partial charge in [0.15, 0.2) is 16.3 Å². The van der Waals surface area contributed by atoms with Crippen molar-refractivity contribution in [1.82, 2.24) is 4.57 Å². The fraction of sp³-hybridized carbons (Fsp3) is 0.321. The first kappa shape index (κ1) is 27.5. The first-order valence-corrected chi connectivity index (χ1v) is 13.3. The highest BCUT2D eigenvalue weighted by Gasteiger charge is 2.35. The average molecular weight is 557 g/mol. The Balaban J connectivity index is 1.93. The molecule has 0 unspecified atom stereocenters. The number of methoxy groups -OCH3 is 2. The second kappa shape index (κ2) is 11.4. The Morgan fingerprint density at radius 1 is 1.16 bits per heavy atom. The number of allylic oxidation sites excluding steroid dienone is 1. The summed E-state index contributed by atoms with van der Waals surface area (Å²) in [5, 5.41) is 0.439. The molecule has 0 aliphatic carbocycles. The third kappa shape index (κ3) is 5.35. The molecule has 3 aromatic rings. The van der Waals surface area contributed by atoms with Gasteiger partial charge in [0.1, 0.15) is 11.8 Å². The normalized spacial score (nSPS) is 15.3. The number of ether oxygens (including phenoxy) is 4. The number of nitrogens with zero attached hydrogens (tertiary/aromatic N) is 2. The van der Waals surface area contributed by atoms with Gasteiger partial charge in [-0.3, -0.25) is 9.36 Å². The number of benzene rings is 2. The van der Waals surface area contributed by atoms with E-state index in [0.717, 1.165) is 5.56 Å². The molecule has 0 radical (unpaired) electrons. The average Bonchev–Trinajstić information content (AvgIpc) is 3.18. The van der Waals surface area contributed by atoms with Crippen LogP contribution < -0.4 is 29.1 Å².